The van der Waals surface area contributed by atoms with Crippen LogP contribution in [0.5, 0.6) is 0 Å². The molecule has 0 atom stereocenters. The number of nitrogens with one attached hydrogen (secondary N) is 1. The average molecular weight is 529 g/mol. The number of halogens is 1. The number of anilines is 3. The molecule has 0 spiro atoms. The van der Waals surface area contributed by atoms with Gasteiger partial charge in [0.25, 0.3) is 5.91 Å². The van der Waals surface area contributed by atoms with Crippen LogP contribution in [0.4, 0.5) is 21.6 Å². The molecular formula is C30H33FN6O2. The summed E-state index contributed by atoms with van der Waals surface area (Å²) in [6.07, 6.45) is 3.41. The van der Waals surface area contributed by atoms with Crippen LogP contribution < -0.4 is 21.0 Å². The Bertz CT molecular complexity index is 1410. The summed E-state index contributed by atoms with van der Waals surface area (Å²) in [5.41, 5.74) is 12.7. The molecule has 5 rings (SSSR count). The van der Waals surface area contributed by atoms with E-state index >= 15 is 0 Å². The molecule has 0 radical (unpaired) electrons. The quantitative estimate of drug-likeness (QED) is 0.337. The summed E-state index contributed by atoms with van der Waals surface area (Å²) in [6, 6.07) is 15.7. The number of rotatable bonds is 7. The highest BCUT2D eigenvalue weighted by atomic mass is 19.1. The van der Waals surface area contributed by atoms with Gasteiger partial charge in [-0.3, -0.25) is 4.79 Å². The van der Waals surface area contributed by atoms with Crippen molar-refractivity contribution in [2.75, 3.05) is 48.1 Å². The minimum atomic E-state index is -0.314. The molecule has 1 fully saturated rings. The number of nitrogens with zero attached hydrogens (tertiary/aromatic N) is 4. The first kappa shape index (κ1) is 26.5. The van der Waals surface area contributed by atoms with Crippen molar-refractivity contribution in [1.82, 2.24) is 4.98 Å². The van der Waals surface area contributed by atoms with E-state index in [-0.39, 0.29) is 11.7 Å². The summed E-state index contributed by atoms with van der Waals surface area (Å²) in [4.78, 5) is 19.8. The number of aryl methyl sites for hydroxylation is 1. The first-order chi connectivity index (χ1) is 18.9. The summed E-state index contributed by atoms with van der Waals surface area (Å²) >= 11 is 0. The summed E-state index contributed by atoms with van der Waals surface area (Å²) < 4.78 is 19.2. The van der Waals surface area contributed by atoms with Gasteiger partial charge in [0.05, 0.1) is 24.6 Å². The van der Waals surface area contributed by atoms with Gasteiger partial charge in [0.2, 0.25) is 0 Å². The molecule has 0 saturated carbocycles. The highest BCUT2D eigenvalue weighted by molar-refractivity contribution is 6.05. The highest BCUT2D eigenvalue weighted by Gasteiger charge is 2.24. The van der Waals surface area contributed by atoms with E-state index in [0.29, 0.717) is 31.0 Å². The maximum Gasteiger partial charge on any atom is 0.255 e. The van der Waals surface area contributed by atoms with Gasteiger partial charge in [0.15, 0.2) is 0 Å². The lowest BCUT2D eigenvalue weighted by Crippen LogP contribution is -2.36. The number of aromatic nitrogens is 1. The van der Waals surface area contributed by atoms with Crippen molar-refractivity contribution in [3.05, 3.63) is 88.9 Å². The van der Waals surface area contributed by atoms with Crippen LogP contribution in [0.1, 0.15) is 41.8 Å². The molecule has 1 aliphatic carbocycles. The number of ether oxygens (including phenoxy) is 1. The average Bonchev–Trinajstić information content (AvgIpc) is 2.97. The van der Waals surface area contributed by atoms with Crippen LogP contribution in [0.25, 0.3) is 5.70 Å². The van der Waals surface area contributed by atoms with Crippen molar-refractivity contribution in [1.29, 1.82) is 0 Å². The summed E-state index contributed by atoms with van der Waals surface area (Å²) in [6.45, 7) is 7.02. The van der Waals surface area contributed by atoms with Crippen molar-refractivity contribution in [3.8, 4) is 0 Å². The van der Waals surface area contributed by atoms with Crippen LogP contribution >= 0.6 is 0 Å². The topological polar surface area (TPSA) is 96.1 Å². The van der Waals surface area contributed by atoms with E-state index in [2.05, 4.69) is 22.1 Å². The van der Waals surface area contributed by atoms with Crippen molar-refractivity contribution < 1.29 is 13.9 Å². The zero-order valence-corrected chi connectivity index (χ0v) is 22.3. The smallest absolute Gasteiger partial charge is 0.255 e. The molecule has 202 valence electrons. The standard InChI is InChI=1S/C30H33FN6O2/c1-20-3-4-22-5-8-25(34-30(38)23-11-12-33-28(17-23)36-13-15-39-16-14-36)18-27(22)29(20)37(35-21(2)19-32)26-9-6-24(31)7-10-26/h5-12,17-18H,3-4,13-16,19,32H2,1-2H3,(H,34,38)/b35-21+. The number of pyridine rings is 1. The third kappa shape index (κ3) is 6.00. The van der Waals surface area contributed by atoms with Crippen molar-refractivity contribution in [3.63, 3.8) is 0 Å². The maximum atomic E-state index is 13.7. The molecular weight excluding hydrogens is 495 g/mol. The third-order valence-corrected chi connectivity index (χ3v) is 6.99. The molecule has 8 nitrogen and oxygen atoms in total. The van der Waals surface area contributed by atoms with Gasteiger partial charge in [-0.15, -0.1) is 0 Å². The predicted molar refractivity (Wildman–Crippen MR) is 154 cm³/mol. The van der Waals surface area contributed by atoms with E-state index in [9.17, 15) is 9.18 Å². The first-order valence-electron chi connectivity index (χ1n) is 13.2. The zero-order valence-electron chi connectivity index (χ0n) is 22.3. The Morgan fingerprint density at radius 1 is 1.13 bits per heavy atom. The summed E-state index contributed by atoms with van der Waals surface area (Å²) in [5, 5.41) is 9.68. The Hall–Kier alpha value is -4.08. The Balaban J connectivity index is 1.46. The van der Waals surface area contributed by atoms with E-state index in [1.165, 1.54) is 12.1 Å². The molecule has 2 aromatic carbocycles. The van der Waals surface area contributed by atoms with Gasteiger partial charge in [0.1, 0.15) is 11.6 Å². The van der Waals surface area contributed by atoms with Crippen molar-refractivity contribution in [2.24, 2.45) is 10.8 Å². The second kappa shape index (κ2) is 11.8. The molecule has 3 aromatic rings. The maximum absolute atomic E-state index is 13.7. The molecule has 3 N–H and O–H groups in total. The second-order valence-electron chi connectivity index (χ2n) is 9.78. The number of hydrazone groups is 1. The predicted octanol–water partition coefficient (Wildman–Crippen LogP) is 4.83. The van der Waals surface area contributed by atoms with Gasteiger partial charge >= 0.3 is 0 Å². The van der Waals surface area contributed by atoms with E-state index in [0.717, 1.165) is 65.5 Å². The summed E-state index contributed by atoms with van der Waals surface area (Å²) in [5.74, 6) is 0.239. The Morgan fingerprint density at radius 2 is 1.90 bits per heavy atom. The number of carbonyl (C=O) groups is 1. The lowest BCUT2D eigenvalue weighted by Gasteiger charge is -2.30. The van der Waals surface area contributed by atoms with Gasteiger partial charge in [-0.2, -0.15) is 5.10 Å². The number of morpholine rings is 1. The molecule has 1 saturated heterocycles. The van der Waals surface area contributed by atoms with Crippen LogP contribution in [-0.2, 0) is 11.2 Å². The van der Waals surface area contributed by atoms with Gasteiger partial charge in [-0.1, -0.05) is 6.07 Å². The molecule has 9 heteroatoms. The van der Waals surface area contributed by atoms with Crippen LogP contribution in [-0.4, -0.2) is 49.5 Å². The Morgan fingerprint density at radius 3 is 2.64 bits per heavy atom. The van der Waals surface area contributed by atoms with E-state index in [4.69, 9.17) is 15.6 Å². The largest absolute Gasteiger partial charge is 0.378 e. The van der Waals surface area contributed by atoms with Gasteiger partial charge in [0, 0.05) is 48.4 Å². The number of benzene rings is 2. The molecule has 1 aromatic heterocycles. The Labute approximate surface area is 228 Å². The number of fused-ring (bicyclic) bond motifs is 1. The normalized spacial score (nSPS) is 15.7. The third-order valence-electron chi connectivity index (χ3n) is 6.99. The zero-order chi connectivity index (χ0) is 27.4. The molecule has 39 heavy (non-hydrogen) atoms. The minimum absolute atomic E-state index is 0.211. The van der Waals surface area contributed by atoms with Crippen molar-refractivity contribution >= 4 is 34.5 Å². The molecule has 1 aliphatic heterocycles. The molecule has 0 unspecified atom stereocenters. The number of allylic oxidation sites excluding steroid dienone is 1. The summed E-state index contributed by atoms with van der Waals surface area (Å²) in [7, 11) is 0. The number of amides is 1. The number of carbonyl (C=O) groups excluding carboxylic acids is 1. The van der Waals surface area contributed by atoms with E-state index < -0.39 is 0 Å². The fourth-order valence-electron chi connectivity index (χ4n) is 4.82. The number of hydrogen-bond donors (Lipinski definition) is 2. The highest BCUT2D eigenvalue weighted by Crippen LogP contribution is 2.38. The Kier molecular flexibility index (Phi) is 7.99. The molecule has 1 amide bonds. The molecule has 2 heterocycles. The van der Waals surface area contributed by atoms with Crippen LogP contribution in [0.15, 0.2) is 71.5 Å². The van der Waals surface area contributed by atoms with E-state index in [1.54, 1.807) is 24.4 Å². The lowest BCUT2D eigenvalue weighted by atomic mass is 9.89. The van der Waals surface area contributed by atoms with Gasteiger partial charge in [-0.25, -0.2) is 14.4 Å². The molecule has 0 bridgehead atoms. The fourth-order valence-corrected chi connectivity index (χ4v) is 4.82. The van der Waals surface area contributed by atoms with Gasteiger partial charge in [-0.05, 0) is 86.4 Å². The SMILES string of the molecule is CC1=C(N(/N=C(\C)CN)c2ccc(F)cc2)c2cc(NC(=O)c3ccnc(N4CCOCC4)c3)ccc2CC1. The van der Waals surface area contributed by atoms with Crippen LogP contribution in [0, 0.1) is 5.82 Å². The van der Waals surface area contributed by atoms with E-state index in [1.807, 2.05) is 36.2 Å². The second-order valence-corrected chi connectivity index (χ2v) is 9.78. The van der Waals surface area contributed by atoms with Gasteiger partial charge < -0.3 is 20.7 Å². The first-order valence-corrected chi connectivity index (χ1v) is 13.2. The fraction of sp³-hybridized carbons (Fsp3) is 0.300. The van der Waals surface area contributed by atoms with Crippen LogP contribution in [0.3, 0.4) is 0 Å². The number of nitrogens with two attached hydrogens (primary N) is 1. The molecule has 2 aliphatic rings. The minimum Gasteiger partial charge on any atom is -0.378 e. The number of hydrogen-bond acceptors (Lipinski definition) is 7. The lowest BCUT2D eigenvalue weighted by molar-refractivity contribution is 0.102. The monoisotopic (exact) mass is 528 g/mol. The van der Waals surface area contributed by atoms with Crippen molar-refractivity contribution in [2.45, 2.75) is 26.7 Å². The van der Waals surface area contributed by atoms with Crippen LogP contribution in [0.2, 0.25) is 0 Å².